The maximum atomic E-state index is 12.4. The smallest absolute Gasteiger partial charge is 0.410 e. The van der Waals surface area contributed by atoms with E-state index < -0.39 is 5.60 Å². The molecule has 1 aromatic heterocycles. The van der Waals surface area contributed by atoms with Crippen molar-refractivity contribution in [2.45, 2.75) is 64.6 Å². The standard InChI is InChI=1S/C17H28N2O2S/c1-13(15-9-7-11-22-15)18-12-14-8-5-6-10-19(14)16(20)21-17(2,3)4/h7,9,11,13-14,18H,5-6,8,10,12H2,1-4H3/t13-,14?/m1/s1. The van der Waals surface area contributed by atoms with Crippen molar-refractivity contribution in [3.63, 3.8) is 0 Å². The van der Waals surface area contributed by atoms with Gasteiger partial charge in [0.25, 0.3) is 0 Å². The second-order valence-electron chi connectivity index (χ2n) is 6.97. The minimum Gasteiger partial charge on any atom is -0.444 e. The van der Waals surface area contributed by atoms with E-state index >= 15 is 0 Å². The molecule has 0 radical (unpaired) electrons. The topological polar surface area (TPSA) is 41.6 Å². The number of hydrogen-bond donors (Lipinski definition) is 1. The highest BCUT2D eigenvalue weighted by molar-refractivity contribution is 7.10. The lowest BCUT2D eigenvalue weighted by Crippen LogP contribution is -2.50. The summed E-state index contributed by atoms with van der Waals surface area (Å²) in [6.07, 6.45) is 3.11. The first-order valence-corrected chi connectivity index (χ1v) is 9.01. The predicted octanol–water partition coefficient (Wildman–Crippen LogP) is 4.19. The van der Waals surface area contributed by atoms with Crippen LogP contribution in [-0.2, 0) is 4.74 Å². The third-order valence-corrected chi connectivity index (χ3v) is 4.94. The Hall–Kier alpha value is -1.07. The van der Waals surface area contributed by atoms with Crippen LogP contribution in [0.15, 0.2) is 17.5 Å². The maximum Gasteiger partial charge on any atom is 0.410 e. The van der Waals surface area contributed by atoms with Crippen molar-refractivity contribution in [2.24, 2.45) is 0 Å². The summed E-state index contributed by atoms with van der Waals surface area (Å²) < 4.78 is 5.55. The summed E-state index contributed by atoms with van der Waals surface area (Å²) in [5.74, 6) is 0. The van der Waals surface area contributed by atoms with Crippen molar-refractivity contribution >= 4 is 17.4 Å². The zero-order valence-corrected chi connectivity index (χ0v) is 14.9. The van der Waals surface area contributed by atoms with E-state index in [1.54, 1.807) is 11.3 Å². The summed E-state index contributed by atoms with van der Waals surface area (Å²) in [5.41, 5.74) is -0.434. The number of rotatable bonds is 4. The molecule has 0 aliphatic carbocycles. The predicted molar refractivity (Wildman–Crippen MR) is 91.3 cm³/mol. The molecule has 1 aliphatic rings. The van der Waals surface area contributed by atoms with Gasteiger partial charge < -0.3 is 15.0 Å². The fraction of sp³-hybridized carbons (Fsp3) is 0.706. The molecule has 2 atom stereocenters. The molecular weight excluding hydrogens is 296 g/mol. The van der Waals surface area contributed by atoms with Crippen molar-refractivity contribution < 1.29 is 9.53 Å². The van der Waals surface area contributed by atoms with Crippen LogP contribution in [0, 0.1) is 0 Å². The lowest BCUT2D eigenvalue weighted by Gasteiger charge is -2.37. The van der Waals surface area contributed by atoms with Gasteiger partial charge in [0, 0.05) is 30.1 Å². The third kappa shape index (κ3) is 4.99. The number of ether oxygens (including phenoxy) is 1. The van der Waals surface area contributed by atoms with Gasteiger partial charge in [0.1, 0.15) is 5.60 Å². The third-order valence-electron chi connectivity index (χ3n) is 3.88. The molecule has 2 rings (SSSR count). The van der Waals surface area contributed by atoms with Gasteiger partial charge in [-0.05, 0) is 58.4 Å². The van der Waals surface area contributed by atoms with Crippen LogP contribution in [0.1, 0.15) is 57.9 Å². The van der Waals surface area contributed by atoms with Gasteiger partial charge in [0.2, 0.25) is 0 Å². The van der Waals surface area contributed by atoms with Gasteiger partial charge in [-0.15, -0.1) is 11.3 Å². The average molecular weight is 324 g/mol. The van der Waals surface area contributed by atoms with Crippen LogP contribution in [0.3, 0.4) is 0 Å². The van der Waals surface area contributed by atoms with E-state index in [4.69, 9.17) is 4.74 Å². The Balaban J connectivity index is 1.90. The molecular formula is C17H28N2O2S. The number of hydrogen-bond acceptors (Lipinski definition) is 4. The lowest BCUT2D eigenvalue weighted by molar-refractivity contribution is 0.00971. The number of thiophene rings is 1. The second kappa shape index (κ2) is 7.47. The van der Waals surface area contributed by atoms with Gasteiger partial charge in [0.15, 0.2) is 0 Å². The monoisotopic (exact) mass is 324 g/mol. The first kappa shape index (κ1) is 17.3. The number of carbonyl (C=O) groups excluding carboxylic acids is 1. The fourth-order valence-electron chi connectivity index (χ4n) is 2.72. The van der Waals surface area contributed by atoms with E-state index in [0.29, 0.717) is 6.04 Å². The van der Waals surface area contributed by atoms with E-state index in [-0.39, 0.29) is 12.1 Å². The van der Waals surface area contributed by atoms with Crippen LogP contribution in [0.2, 0.25) is 0 Å². The average Bonchev–Trinajstić information content (AvgIpc) is 2.97. The van der Waals surface area contributed by atoms with Gasteiger partial charge >= 0.3 is 6.09 Å². The molecule has 0 saturated carbocycles. The van der Waals surface area contributed by atoms with Crippen LogP contribution < -0.4 is 5.32 Å². The van der Waals surface area contributed by atoms with Crippen LogP contribution in [-0.4, -0.2) is 35.7 Å². The van der Waals surface area contributed by atoms with Crippen LogP contribution in [0.5, 0.6) is 0 Å². The highest BCUT2D eigenvalue weighted by Gasteiger charge is 2.30. The van der Waals surface area contributed by atoms with Crippen LogP contribution in [0.25, 0.3) is 0 Å². The summed E-state index contributed by atoms with van der Waals surface area (Å²) in [6.45, 7) is 9.54. The molecule has 1 N–H and O–H groups in total. The number of nitrogens with one attached hydrogen (secondary N) is 1. The van der Waals surface area contributed by atoms with Gasteiger partial charge in [-0.25, -0.2) is 4.79 Å². The van der Waals surface area contributed by atoms with E-state index in [1.807, 2.05) is 25.7 Å². The molecule has 1 aliphatic heterocycles. The number of amides is 1. The largest absolute Gasteiger partial charge is 0.444 e. The molecule has 1 unspecified atom stereocenters. The zero-order chi connectivity index (χ0) is 16.2. The SMILES string of the molecule is C[C@@H](NCC1CCCCN1C(=O)OC(C)(C)C)c1cccs1. The van der Waals surface area contributed by atoms with Gasteiger partial charge in [-0.2, -0.15) is 0 Å². The summed E-state index contributed by atoms with van der Waals surface area (Å²) in [4.78, 5) is 15.6. The molecule has 1 fully saturated rings. The van der Waals surface area contributed by atoms with Crippen LogP contribution >= 0.6 is 11.3 Å². The second-order valence-corrected chi connectivity index (χ2v) is 7.95. The van der Waals surface area contributed by atoms with E-state index in [0.717, 1.165) is 25.9 Å². The summed E-state index contributed by atoms with van der Waals surface area (Å²) >= 11 is 1.76. The molecule has 0 aromatic carbocycles. The Morgan fingerprint density at radius 3 is 2.91 bits per heavy atom. The van der Waals surface area contributed by atoms with Crippen molar-refractivity contribution in [1.82, 2.24) is 10.2 Å². The van der Waals surface area contributed by atoms with Crippen molar-refractivity contribution in [3.8, 4) is 0 Å². The number of likely N-dealkylation sites (tertiary alicyclic amines) is 1. The minimum atomic E-state index is -0.434. The zero-order valence-electron chi connectivity index (χ0n) is 14.1. The molecule has 0 spiro atoms. The highest BCUT2D eigenvalue weighted by Crippen LogP contribution is 2.22. The van der Waals surface area contributed by atoms with Crippen LogP contribution in [0.4, 0.5) is 4.79 Å². The minimum absolute atomic E-state index is 0.178. The van der Waals surface area contributed by atoms with E-state index in [2.05, 4.69) is 29.8 Å². The Bertz CT molecular complexity index is 468. The summed E-state index contributed by atoms with van der Waals surface area (Å²) in [6, 6.07) is 4.77. The molecule has 1 aromatic rings. The Labute approximate surface area is 137 Å². The van der Waals surface area contributed by atoms with Crippen molar-refractivity contribution in [3.05, 3.63) is 22.4 Å². The fourth-order valence-corrected chi connectivity index (χ4v) is 3.48. The normalized spacial score (nSPS) is 20.7. The van der Waals surface area contributed by atoms with Crippen molar-refractivity contribution in [2.75, 3.05) is 13.1 Å². The first-order chi connectivity index (χ1) is 10.4. The first-order valence-electron chi connectivity index (χ1n) is 8.13. The number of piperidine rings is 1. The van der Waals surface area contributed by atoms with E-state index in [1.165, 1.54) is 11.3 Å². The van der Waals surface area contributed by atoms with E-state index in [9.17, 15) is 4.79 Å². The lowest BCUT2D eigenvalue weighted by atomic mass is 10.0. The molecule has 1 saturated heterocycles. The Morgan fingerprint density at radius 2 is 2.27 bits per heavy atom. The molecule has 2 heterocycles. The van der Waals surface area contributed by atoms with Gasteiger partial charge in [-0.3, -0.25) is 0 Å². The number of nitrogens with zero attached hydrogens (tertiary/aromatic N) is 1. The van der Waals surface area contributed by atoms with Crippen molar-refractivity contribution in [1.29, 1.82) is 0 Å². The molecule has 22 heavy (non-hydrogen) atoms. The van der Waals surface area contributed by atoms with Gasteiger partial charge in [-0.1, -0.05) is 6.07 Å². The Morgan fingerprint density at radius 1 is 1.50 bits per heavy atom. The molecule has 0 bridgehead atoms. The molecule has 124 valence electrons. The quantitative estimate of drug-likeness (QED) is 0.903. The molecule has 4 nitrogen and oxygen atoms in total. The summed E-state index contributed by atoms with van der Waals surface area (Å²) in [7, 11) is 0. The maximum absolute atomic E-state index is 12.4. The Kier molecular flexibility index (Phi) is 5.87. The molecule has 5 heteroatoms. The van der Waals surface area contributed by atoms with Gasteiger partial charge in [0.05, 0.1) is 0 Å². The summed E-state index contributed by atoms with van der Waals surface area (Å²) in [5, 5.41) is 5.66. The number of carbonyl (C=O) groups is 1. The molecule has 1 amide bonds. The highest BCUT2D eigenvalue weighted by atomic mass is 32.1.